The van der Waals surface area contributed by atoms with Crippen molar-refractivity contribution in [2.24, 2.45) is 5.92 Å². The molecule has 0 spiro atoms. The topological polar surface area (TPSA) is 139 Å². The number of fused-ring (bicyclic) bond motifs is 1. The number of nitrogens with zero attached hydrogens (tertiary/aromatic N) is 4. The number of carboxylic acids is 1. The Morgan fingerprint density at radius 3 is 2.67 bits per heavy atom. The number of hydrogen-bond acceptors (Lipinski definition) is 5. The number of aromatic amines is 2. The van der Waals surface area contributed by atoms with Gasteiger partial charge in [-0.1, -0.05) is 37.3 Å². The first-order chi connectivity index (χ1) is 14.5. The predicted octanol–water partition coefficient (Wildman–Crippen LogP) is 1.44. The molecule has 30 heavy (non-hydrogen) atoms. The quantitative estimate of drug-likeness (QED) is 0.423. The SMILES string of the molecule is CCC(Cn1c(=O)[nH]c(=O)c2[nH]c(-c3cnn(Cc4ccccc4)c3)nc21)C(=O)O. The van der Waals surface area contributed by atoms with Gasteiger partial charge in [0.1, 0.15) is 11.3 Å². The molecule has 4 aromatic rings. The van der Waals surface area contributed by atoms with E-state index in [1.807, 2.05) is 30.3 Å². The number of benzene rings is 1. The Bertz CT molecular complexity index is 1310. The molecule has 3 aromatic heterocycles. The van der Waals surface area contributed by atoms with Crippen LogP contribution in [-0.2, 0) is 17.9 Å². The lowest BCUT2D eigenvalue weighted by molar-refractivity contribution is -0.142. The highest BCUT2D eigenvalue weighted by Gasteiger charge is 2.21. The summed E-state index contributed by atoms with van der Waals surface area (Å²) in [6, 6.07) is 9.83. The van der Waals surface area contributed by atoms with E-state index in [2.05, 4.69) is 20.1 Å². The molecule has 10 heteroatoms. The van der Waals surface area contributed by atoms with Crippen LogP contribution in [0, 0.1) is 5.92 Å². The minimum absolute atomic E-state index is 0.0878. The van der Waals surface area contributed by atoms with Gasteiger partial charge >= 0.3 is 11.7 Å². The number of carbonyl (C=O) groups is 1. The van der Waals surface area contributed by atoms with Crippen molar-refractivity contribution in [1.82, 2.24) is 29.3 Å². The Hall–Kier alpha value is -3.95. The van der Waals surface area contributed by atoms with Crippen LogP contribution in [0.1, 0.15) is 18.9 Å². The Balaban J connectivity index is 1.72. The summed E-state index contributed by atoms with van der Waals surface area (Å²) in [5, 5.41) is 13.7. The van der Waals surface area contributed by atoms with E-state index in [0.717, 1.165) is 5.56 Å². The Kier molecular flexibility index (Phi) is 5.05. The zero-order valence-corrected chi connectivity index (χ0v) is 16.2. The minimum Gasteiger partial charge on any atom is -0.481 e. The number of imidazole rings is 1. The van der Waals surface area contributed by atoms with Gasteiger partial charge in [0, 0.05) is 12.7 Å². The molecule has 0 amide bonds. The highest BCUT2D eigenvalue weighted by atomic mass is 16.4. The minimum atomic E-state index is -1.01. The third-order valence-corrected chi connectivity index (χ3v) is 4.97. The van der Waals surface area contributed by atoms with E-state index in [1.165, 1.54) is 4.57 Å². The summed E-state index contributed by atoms with van der Waals surface area (Å²) in [5.74, 6) is -1.41. The number of hydrogen-bond donors (Lipinski definition) is 3. The van der Waals surface area contributed by atoms with Gasteiger partial charge in [-0.05, 0) is 12.0 Å². The van der Waals surface area contributed by atoms with Crippen molar-refractivity contribution >= 4 is 17.1 Å². The number of H-pyrrole nitrogens is 2. The number of nitrogens with one attached hydrogen (secondary N) is 2. The van der Waals surface area contributed by atoms with Crippen molar-refractivity contribution in [3.63, 3.8) is 0 Å². The van der Waals surface area contributed by atoms with Crippen molar-refractivity contribution in [1.29, 1.82) is 0 Å². The van der Waals surface area contributed by atoms with Gasteiger partial charge in [-0.2, -0.15) is 5.10 Å². The molecule has 154 valence electrons. The van der Waals surface area contributed by atoms with E-state index in [9.17, 15) is 19.5 Å². The zero-order valence-electron chi connectivity index (χ0n) is 16.2. The number of aliphatic carboxylic acids is 1. The molecule has 0 radical (unpaired) electrons. The first-order valence-electron chi connectivity index (χ1n) is 9.48. The maximum absolute atomic E-state index is 12.3. The number of rotatable bonds is 7. The van der Waals surface area contributed by atoms with Gasteiger partial charge in [-0.15, -0.1) is 0 Å². The second-order valence-electron chi connectivity index (χ2n) is 7.01. The summed E-state index contributed by atoms with van der Waals surface area (Å²) in [6.45, 7) is 2.21. The van der Waals surface area contributed by atoms with Crippen LogP contribution in [0.4, 0.5) is 0 Å². The molecule has 3 heterocycles. The molecule has 0 bridgehead atoms. The second-order valence-corrected chi connectivity index (χ2v) is 7.01. The van der Waals surface area contributed by atoms with Crippen LogP contribution in [0.15, 0.2) is 52.3 Å². The van der Waals surface area contributed by atoms with Crippen molar-refractivity contribution in [2.75, 3.05) is 0 Å². The van der Waals surface area contributed by atoms with Crippen molar-refractivity contribution in [2.45, 2.75) is 26.4 Å². The normalized spacial score (nSPS) is 12.3. The summed E-state index contributed by atoms with van der Waals surface area (Å²) in [7, 11) is 0. The van der Waals surface area contributed by atoms with E-state index >= 15 is 0 Å². The predicted molar refractivity (Wildman–Crippen MR) is 109 cm³/mol. The molecule has 0 aliphatic heterocycles. The smallest absolute Gasteiger partial charge is 0.330 e. The van der Waals surface area contributed by atoms with E-state index in [1.54, 1.807) is 24.0 Å². The molecule has 1 aromatic carbocycles. The lowest BCUT2D eigenvalue weighted by Crippen LogP contribution is -2.33. The van der Waals surface area contributed by atoms with E-state index < -0.39 is 23.1 Å². The Morgan fingerprint density at radius 2 is 1.97 bits per heavy atom. The standard InChI is InChI=1S/C20H20N6O4/c1-2-13(19(28)29)11-26-17-15(18(27)24-20(26)30)22-16(23-17)14-8-21-25(10-14)9-12-6-4-3-5-7-12/h3-8,10,13H,2,9,11H2,1H3,(H,22,23)(H,28,29)(H,24,27,30). The molecule has 0 aliphatic carbocycles. The monoisotopic (exact) mass is 408 g/mol. The summed E-state index contributed by atoms with van der Waals surface area (Å²) in [5.41, 5.74) is 0.664. The molecule has 1 unspecified atom stereocenters. The molecular formula is C20H20N6O4. The molecule has 10 nitrogen and oxygen atoms in total. The van der Waals surface area contributed by atoms with Crippen LogP contribution in [0.3, 0.4) is 0 Å². The third kappa shape index (κ3) is 3.66. The van der Waals surface area contributed by atoms with Gasteiger partial charge in [0.15, 0.2) is 5.65 Å². The fraction of sp³-hybridized carbons (Fsp3) is 0.250. The second kappa shape index (κ2) is 7.82. The highest BCUT2D eigenvalue weighted by molar-refractivity contribution is 5.75. The molecule has 1 atom stereocenters. The van der Waals surface area contributed by atoms with E-state index in [0.29, 0.717) is 24.4 Å². The van der Waals surface area contributed by atoms with Gasteiger partial charge in [-0.25, -0.2) is 9.78 Å². The fourth-order valence-electron chi connectivity index (χ4n) is 3.29. The number of aromatic nitrogens is 6. The van der Waals surface area contributed by atoms with Gasteiger partial charge in [0.2, 0.25) is 0 Å². The first-order valence-corrected chi connectivity index (χ1v) is 9.48. The van der Waals surface area contributed by atoms with Gasteiger partial charge in [-0.3, -0.25) is 23.8 Å². The van der Waals surface area contributed by atoms with Gasteiger partial charge in [0.25, 0.3) is 5.56 Å². The average molecular weight is 408 g/mol. The van der Waals surface area contributed by atoms with Gasteiger partial charge < -0.3 is 10.1 Å². The summed E-state index contributed by atoms with van der Waals surface area (Å²) >= 11 is 0. The largest absolute Gasteiger partial charge is 0.481 e. The average Bonchev–Trinajstić information content (AvgIpc) is 3.36. The summed E-state index contributed by atoms with van der Waals surface area (Å²) < 4.78 is 2.93. The highest BCUT2D eigenvalue weighted by Crippen LogP contribution is 2.19. The van der Waals surface area contributed by atoms with Crippen LogP contribution in [0.2, 0.25) is 0 Å². The van der Waals surface area contributed by atoms with Crippen LogP contribution in [0.25, 0.3) is 22.6 Å². The van der Waals surface area contributed by atoms with Crippen molar-refractivity contribution in [3.8, 4) is 11.4 Å². The van der Waals surface area contributed by atoms with Crippen LogP contribution in [0.5, 0.6) is 0 Å². The van der Waals surface area contributed by atoms with Gasteiger partial charge in [0.05, 0.1) is 24.2 Å². The third-order valence-electron chi connectivity index (χ3n) is 4.97. The molecule has 0 saturated heterocycles. The number of carboxylic acid groups (broad SMARTS) is 1. The molecule has 0 aliphatic rings. The molecule has 3 N–H and O–H groups in total. The fourth-order valence-corrected chi connectivity index (χ4v) is 3.29. The lowest BCUT2D eigenvalue weighted by Gasteiger charge is -2.11. The van der Waals surface area contributed by atoms with E-state index in [4.69, 9.17) is 0 Å². The van der Waals surface area contributed by atoms with Crippen LogP contribution in [-0.4, -0.2) is 40.4 Å². The van der Waals surface area contributed by atoms with E-state index in [-0.39, 0.29) is 17.7 Å². The Labute approximate surface area is 169 Å². The molecule has 4 rings (SSSR count). The van der Waals surface area contributed by atoms with Crippen LogP contribution >= 0.6 is 0 Å². The molecular weight excluding hydrogens is 388 g/mol. The molecule has 0 saturated carbocycles. The maximum Gasteiger partial charge on any atom is 0.330 e. The molecule has 0 fully saturated rings. The van der Waals surface area contributed by atoms with Crippen molar-refractivity contribution in [3.05, 3.63) is 69.1 Å². The van der Waals surface area contributed by atoms with Crippen LogP contribution < -0.4 is 11.2 Å². The summed E-state index contributed by atoms with van der Waals surface area (Å²) in [4.78, 5) is 45.5. The zero-order chi connectivity index (χ0) is 21.3. The first kappa shape index (κ1) is 19.4. The summed E-state index contributed by atoms with van der Waals surface area (Å²) in [6.07, 6.45) is 3.74. The van der Waals surface area contributed by atoms with Crippen molar-refractivity contribution < 1.29 is 9.90 Å². The Morgan fingerprint density at radius 1 is 1.20 bits per heavy atom. The maximum atomic E-state index is 12.3. The lowest BCUT2D eigenvalue weighted by atomic mass is 10.1.